The molecule has 0 aliphatic heterocycles. The first-order valence-corrected chi connectivity index (χ1v) is 8.61. The summed E-state index contributed by atoms with van der Waals surface area (Å²) in [6, 6.07) is 10.4. The van der Waals surface area contributed by atoms with Crippen LogP contribution in [0.1, 0.15) is 30.1 Å². The Kier molecular flexibility index (Phi) is 7.12. The van der Waals surface area contributed by atoms with Gasteiger partial charge in [-0.15, -0.1) is 0 Å². The summed E-state index contributed by atoms with van der Waals surface area (Å²) >= 11 is 0. The van der Waals surface area contributed by atoms with E-state index in [0.29, 0.717) is 12.1 Å². The van der Waals surface area contributed by atoms with Gasteiger partial charge < -0.3 is 20.3 Å². The molecule has 0 aromatic heterocycles. The molecule has 0 aliphatic carbocycles. The molecule has 0 heterocycles. The number of benzene rings is 2. The van der Waals surface area contributed by atoms with E-state index in [4.69, 9.17) is 4.74 Å². The number of likely N-dealkylation sites (N-methyl/N-ethyl adjacent to an activating group) is 1. The van der Waals surface area contributed by atoms with Crippen LogP contribution in [0.5, 0.6) is 5.75 Å². The number of halogens is 2. The molecule has 0 spiro atoms. The molecular formula is C20H25F2N3O2. The minimum absolute atomic E-state index is 0.0276. The van der Waals surface area contributed by atoms with Crippen LogP contribution in [0.15, 0.2) is 42.5 Å². The number of ether oxygens (including phenoxy) is 1. The Morgan fingerprint density at radius 2 is 1.70 bits per heavy atom. The van der Waals surface area contributed by atoms with E-state index in [1.807, 2.05) is 43.3 Å². The second-order valence-electron chi connectivity index (χ2n) is 6.50. The second kappa shape index (κ2) is 9.32. The molecule has 2 rings (SSSR count). The summed E-state index contributed by atoms with van der Waals surface area (Å²) in [6.45, 7) is 2.09. The van der Waals surface area contributed by atoms with Crippen LogP contribution in [0.25, 0.3) is 0 Å². The van der Waals surface area contributed by atoms with Crippen molar-refractivity contribution >= 4 is 6.03 Å². The predicted octanol–water partition coefficient (Wildman–Crippen LogP) is 3.64. The number of nitrogens with one attached hydrogen (secondary N) is 2. The molecule has 0 aliphatic rings. The van der Waals surface area contributed by atoms with Crippen LogP contribution in [-0.2, 0) is 0 Å². The summed E-state index contributed by atoms with van der Waals surface area (Å²) < 4.78 is 31.5. The van der Waals surface area contributed by atoms with Crippen molar-refractivity contribution in [1.29, 1.82) is 0 Å². The quantitative estimate of drug-likeness (QED) is 0.775. The number of nitrogens with zero attached hydrogens (tertiary/aromatic N) is 1. The number of rotatable bonds is 7. The lowest BCUT2D eigenvalue weighted by Gasteiger charge is -2.26. The maximum Gasteiger partial charge on any atom is 0.315 e. The van der Waals surface area contributed by atoms with E-state index < -0.39 is 17.7 Å². The van der Waals surface area contributed by atoms with Gasteiger partial charge in [0.2, 0.25) is 0 Å². The van der Waals surface area contributed by atoms with E-state index in [1.54, 1.807) is 14.0 Å². The molecule has 0 saturated carbocycles. The van der Waals surface area contributed by atoms with Gasteiger partial charge >= 0.3 is 6.03 Å². The highest BCUT2D eigenvalue weighted by Gasteiger charge is 2.17. The Balaban J connectivity index is 1.95. The highest BCUT2D eigenvalue weighted by Crippen LogP contribution is 2.21. The third-order valence-electron chi connectivity index (χ3n) is 4.37. The Morgan fingerprint density at radius 1 is 1.07 bits per heavy atom. The van der Waals surface area contributed by atoms with Crippen LogP contribution in [0.4, 0.5) is 13.6 Å². The molecule has 0 saturated heterocycles. The molecule has 0 radical (unpaired) electrons. The second-order valence-corrected chi connectivity index (χ2v) is 6.50. The highest BCUT2D eigenvalue weighted by atomic mass is 19.2. The van der Waals surface area contributed by atoms with Crippen molar-refractivity contribution in [3.63, 3.8) is 0 Å². The van der Waals surface area contributed by atoms with Crippen LogP contribution in [-0.4, -0.2) is 38.7 Å². The molecule has 2 aromatic rings. The third kappa shape index (κ3) is 5.65. The van der Waals surface area contributed by atoms with Gasteiger partial charge in [0.25, 0.3) is 0 Å². The van der Waals surface area contributed by atoms with Crippen molar-refractivity contribution < 1.29 is 18.3 Å². The first kappa shape index (κ1) is 20.6. The SMILES string of the molecule is COc1ccc(C(CNC(=O)NC(C)c2ccc(F)c(F)c2)N(C)C)cc1. The molecule has 7 heteroatoms. The summed E-state index contributed by atoms with van der Waals surface area (Å²) in [7, 11) is 5.47. The van der Waals surface area contributed by atoms with Crippen LogP contribution < -0.4 is 15.4 Å². The Labute approximate surface area is 158 Å². The number of methoxy groups -OCH3 is 1. The molecule has 5 nitrogen and oxygen atoms in total. The van der Waals surface area contributed by atoms with Crippen molar-refractivity contribution in [2.24, 2.45) is 0 Å². The van der Waals surface area contributed by atoms with E-state index in [1.165, 1.54) is 6.07 Å². The van der Waals surface area contributed by atoms with Crippen molar-refractivity contribution in [2.75, 3.05) is 27.7 Å². The smallest absolute Gasteiger partial charge is 0.315 e. The number of hydrogen-bond acceptors (Lipinski definition) is 3. The minimum Gasteiger partial charge on any atom is -0.497 e. The molecule has 0 bridgehead atoms. The Morgan fingerprint density at radius 3 is 2.26 bits per heavy atom. The standard InChI is InChI=1S/C20H25F2N3O2/c1-13(15-7-10-17(21)18(22)11-15)24-20(26)23-12-19(25(2)3)14-5-8-16(27-4)9-6-14/h5-11,13,19H,12H2,1-4H3,(H2,23,24,26). The van der Waals surface area contributed by atoms with Gasteiger partial charge in [-0.2, -0.15) is 0 Å². The average molecular weight is 377 g/mol. The topological polar surface area (TPSA) is 53.6 Å². The van der Waals surface area contributed by atoms with Crippen LogP contribution >= 0.6 is 0 Å². The highest BCUT2D eigenvalue weighted by molar-refractivity contribution is 5.74. The zero-order chi connectivity index (χ0) is 20.0. The van der Waals surface area contributed by atoms with Gasteiger partial charge in [-0.1, -0.05) is 18.2 Å². The van der Waals surface area contributed by atoms with Crippen molar-refractivity contribution in [2.45, 2.75) is 19.0 Å². The molecule has 146 valence electrons. The van der Waals surface area contributed by atoms with Crippen LogP contribution in [0, 0.1) is 11.6 Å². The van der Waals surface area contributed by atoms with Gasteiger partial charge in [0, 0.05) is 6.54 Å². The predicted molar refractivity (Wildman–Crippen MR) is 101 cm³/mol. The van der Waals surface area contributed by atoms with Crippen LogP contribution in [0.2, 0.25) is 0 Å². The van der Waals surface area contributed by atoms with Crippen molar-refractivity contribution in [3.05, 3.63) is 65.2 Å². The number of carbonyl (C=O) groups is 1. The lowest BCUT2D eigenvalue weighted by Crippen LogP contribution is -2.41. The molecule has 2 N–H and O–H groups in total. The van der Waals surface area contributed by atoms with Gasteiger partial charge in [0.05, 0.1) is 19.2 Å². The van der Waals surface area contributed by atoms with E-state index in [0.717, 1.165) is 23.4 Å². The maximum absolute atomic E-state index is 13.3. The van der Waals surface area contributed by atoms with Gasteiger partial charge in [0.1, 0.15) is 5.75 Å². The van der Waals surface area contributed by atoms with E-state index in [9.17, 15) is 13.6 Å². The van der Waals surface area contributed by atoms with Gasteiger partial charge in [-0.25, -0.2) is 13.6 Å². The molecule has 0 fully saturated rings. The molecular weight excluding hydrogens is 352 g/mol. The monoisotopic (exact) mass is 377 g/mol. The normalized spacial score (nSPS) is 13.1. The number of carbonyl (C=O) groups excluding carboxylic acids is 1. The molecule has 2 unspecified atom stereocenters. The van der Waals surface area contributed by atoms with Gasteiger partial charge in [0.15, 0.2) is 11.6 Å². The number of amides is 2. The zero-order valence-corrected chi connectivity index (χ0v) is 15.9. The lowest BCUT2D eigenvalue weighted by atomic mass is 10.1. The molecule has 2 aromatic carbocycles. The first-order valence-electron chi connectivity index (χ1n) is 8.61. The summed E-state index contributed by atoms with van der Waals surface area (Å²) in [5, 5.41) is 5.56. The molecule has 2 amide bonds. The van der Waals surface area contributed by atoms with E-state index >= 15 is 0 Å². The van der Waals surface area contributed by atoms with E-state index in [2.05, 4.69) is 10.6 Å². The third-order valence-corrected chi connectivity index (χ3v) is 4.37. The Bertz CT molecular complexity index is 766. The summed E-state index contributed by atoms with van der Waals surface area (Å²) in [5.74, 6) is -1.08. The summed E-state index contributed by atoms with van der Waals surface area (Å²) in [4.78, 5) is 14.2. The van der Waals surface area contributed by atoms with E-state index in [-0.39, 0.29) is 12.1 Å². The van der Waals surface area contributed by atoms with Gasteiger partial charge in [-0.05, 0) is 56.4 Å². The fourth-order valence-corrected chi connectivity index (χ4v) is 2.73. The summed E-state index contributed by atoms with van der Waals surface area (Å²) in [5.41, 5.74) is 1.53. The van der Waals surface area contributed by atoms with Crippen molar-refractivity contribution in [1.82, 2.24) is 15.5 Å². The van der Waals surface area contributed by atoms with Gasteiger partial charge in [-0.3, -0.25) is 0 Å². The zero-order valence-electron chi connectivity index (χ0n) is 15.9. The van der Waals surface area contributed by atoms with Crippen LogP contribution in [0.3, 0.4) is 0 Å². The number of hydrogen-bond donors (Lipinski definition) is 2. The lowest BCUT2D eigenvalue weighted by molar-refractivity contribution is 0.230. The summed E-state index contributed by atoms with van der Waals surface area (Å²) in [6.07, 6.45) is 0. The average Bonchev–Trinajstić information content (AvgIpc) is 2.64. The Hall–Kier alpha value is -2.67. The fraction of sp³-hybridized carbons (Fsp3) is 0.350. The fourth-order valence-electron chi connectivity index (χ4n) is 2.73. The number of urea groups is 1. The minimum atomic E-state index is -0.936. The maximum atomic E-state index is 13.3. The first-order chi connectivity index (χ1) is 12.8. The van der Waals surface area contributed by atoms with Crippen molar-refractivity contribution in [3.8, 4) is 5.75 Å². The molecule has 2 atom stereocenters. The molecule has 27 heavy (non-hydrogen) atoms. The largest absolute Gasteiger partial charge is 0.497 e.